The second-order valence-electron chi connectivity index (χ2n) is 6.73. The second-order valence-corrected chi connectivity index (χ2v) is 6.73. The molecule has 2 aromatic rings. The van der Waals surface area contributed by atoms with Gasteiger partial charge in [-0.15, -0.1) is 0 Å². The van der Waals surface area contributed by atoms with Gasteiger partial charge in [-0.05, 0) is 48.9 Å². The minimum Gasteiger partial charge on any atom is -0.480 e. The van der Waals surface area contributed by atoms with Crippen molar-refractivity contribution in [3.8, 4) is 0 Å². The summed E-state index contributed by atoms with van der Waals surface area (Å²) >= 11 is 0. The molecule has 1 aliphatic rings. The van der Waals surface area contributed by atoms with Gasteiger partial charge >= 0.3 is 5.97 Å². The van der Waals surface area contributed by atoms with Gasteiger partial charge in [-0.1, -0.05) is 38.3 Å². The largest absolute Gasteiger partial charge is 0.480 e. The van der Waals surface area contributed by atoms with E-state index in [0.717, 1.165) is 50.5 Å². The molecular formula is C20H26N2O2. The molecule has 1 aromatic carbocycles. The van der Waals surface area contributed by atoms with Crippen LogP contribution in [0.3, 0.4) is 0 Å². The van der Waals surface area contributed by atoms with E-state index in [1.54, 1.807) is 0 Å². The zero-order valence-electron chi connectivity index (χ0n) is 14.3. The Kier molecular flexibility index (Phi) is 5.46. The summed E-state index contributed by atoms with van der Waals surface area (Å²) in [4.78, 5) is 18.1. The smallest absolute Gasteiger partial charge is 0.320 e. The average molecular weight is 326 g/mol. The number of carbonyl (C=O) groups is 1. The van der Waals surface area contributed by atoms with Crippen molar-refractivity contribution in [1.82, 2.24) is 9.88 Å². The number of piperidine rings is 1. The number of hydrogen-bond acceptors (Lipinski definition) is 3. The van der Waals surface area contributed by atoms with E-state index >= 15 is 0 Å². The Balaban J connectivity index is 1.95. The molecule has 1 fully saturated rings. The second kappa shape index (κ2) is 7.75. The molecule has 4 nitrogen and oxygen atoms in total. The van der Waals surface area contributed by atoms with E-state index in [0.29, 0.717) is 0 Å². The van der Waals surface area contributed by atoms with Gasteiger partial charge in [0.15, 0.2) is 0 Å². The Labute approximate surface area is 143 Å². The fourth-order valence-corrected chi connectivity index (χ4v) is 3.82. The molecular weight excluding hydrogens is 300 g/mol. The van der Waals surface area contributed by atoms with Gasteiger partial charge in [-0.25, -0.2) is 0 Å². The van der Waals surface area contributed by atoms with Gasteiger partial charge in [-0.3, -0.25) is 14.7 Å². The molecule has 1 aromatic heterocycles. The van der Waals surface area contributed by atoms with Crippen LogP contribution in [0.2, 0.25) is 0 Å². The lowest BCUT2D eigenvalue weighted by Crippen LogP contribution is -2.46. The summed E-state index contributed by atoms with van der Waals surface area (Å²) in [5, 5.41) is 12.0. The van der Waals surface area contributed by atoms with Crippen LogP contribution in [0.25, 0.3) is 10.8 Å². The zero-order valence-corrected chi connectivity index (χ0v) is 14.3. The molecule has 24 heavy (non-hydrogen) atoms. The number of aromatic nitrogens is 1. The van der Waals surface area contributed by atoms with Crippen LogP contribution in [0.1, 0.15) is 57.1 Å². The van der Waals surface area contributed by atoms with Crippen LogP contribution in [0.4, 0.5) is 0 Å². The fraction of sp³-hybridized carbons (Fsp3) is 0.500. The summed E-state index contributed by atoms with van der Waals surface area (Å²) in [5.41, 5.74) is 1.23. The summed E-state index contributed by atoms with van der Waals surface area (Å²) in [6.45, 7) is 3.06. The van der Waals surface area contributed by atoms with Crippen LogP contribution in [0.15, 0.2) is 36.7 Å². The van der Waals surface area contributed by atoms with Crippen molar-refractivity contribution in [1.29, 1.82) is 0 Å². The molecule has 0 saturated carbocycles. The quantitative estimate of drug-likeness (QED) is 0.854. The number of nitrogens with zero attached hydrogens (tertiary/aromatic N) is 2. The molecule has 0 amide bonds. The molecule has 1 N–H and O–H groups in total. The zero-order chi connectivity index (χ0) is 16.9. The molecule has 128 valence electrons. The maximum atomic E-state index is 11.7. The molecule has 0 aliphatic carbocycles. The first-order valence-corrected chi connectivity index (χ1v) is 9.03. The van der Waals surface area contributed by atoms with Gasteiger partial charge < -0.3 is 5.11 Å². The molecule has 0 spiro atoms. The van der Waals surface area contributed by atoms with Crippen LogP contribution in [0, 0.1) is 0 Å². The number of carboxylic acids is 1. The van der Waals surface area contributed by atoms with E-state index in [1.165, 1.54) is 10.9 Å². The Hall–Kier alpha value is -1.94. The predicted molar refractivity (Wildman–Crippen MR) is 96.0 cm³/mol. The van der Waals surface area contributed by atoms with Gasteiger partial charge in [0.25, 0.3) is 0 Å². The highest BCUT2D eigenvalue weighted by Gasteiger charge is 2.33. The van der Waals surface area contributed by atoms with Crippen molar-refractivity contribution in [2.45, 2.75) is 57.5 Å². The first-order chi connectivity index (χ1) is 11.7. The summed E-state index contributed by atoms with van der Waals surface area (Å²) in [7, 11) is 0. The van der Waals surface area contributed by atoms with E-state index in [-0.39, 0.29) is 12.1 Å². The van der Waals surface area contributed by atoms with Gasteiger partial charge in [0.05, 0.1) is 0 Å². The van der Waals surface area contributed by atoms with Gasteiger partial charge in [0, 0.05) is 23.8 Å². The summed E-state index contributed by atoms with van der Waals surface area (Å²) < 4.78 is 0. The van der Waals surface area contributed by atoms with Crippen molar-refractivity contribution in [2.24, 2.45) is 0 Å². The third-order valence-electron chi connectivity index (χ3n) is 5.11. The van der Waals surface area contributed by atoms with Gasteiger partial charge in [0.1, 0.15) is 6.04 Å². The normalized spacial score (nSPS) is 20.1. The average Bonchev–Trinajstić information content (AvgIpc) is 2.62. The molecule has 2 unspecified atom stereocenters. The fourth-order valence-electron chi connectivity index (χ4n) is 3.82. The van der Waals surface area contributed by atoms with Crippen LogP contribution < -0.4 is 0 Å². The number of rotatable bonds is 6. The monoisotopic (exact) mass is 326 g/mol. The van der Waals surface area contributed by atoms with Crippen molar-refractivity contribution in [3.05, 3.63) is 42.2 Å². The lowest BCUT2D eigenvalue weighted by molar-refractivity contribution is -0.146. The Morgan fingerprint density at radius 3 is 3.00 bits per heavy atom. The highest BCUT2D eigenvalue weighted by Crippen LogP contribution is 2.33. The number of aliphatic carboxylic acids is 1. The predicted octanol–water partition coefficient (Wildman–Crippen LogP) is 4.41. The molecule has 4 heteroatoms. The minimum atomic E-state index is -0.679. The Morgan fingerprint density at radius 1 is 1.33 bits per heavy atom. The molecule has 0 bridgehead atoms. The standard InChI is InChI=1S/C20H26N2O2/c1-2-3-6-18(22-12-5-4-7-19(22)20(23)24)16-8-9-17-14-21-11-10-15(17)13-16/h8-11,13-14,18-19H,2-7,12H2,1H3,(H,23,24). The van der Waals surface area contributed by atoms with E-state index in [4.69, 9.17) is 0 Å². The molecule has 2 atom stereocenters. The maximum absolute atomic E-state index is 11.7. The highest BCUT2D eigenvalue weighted by atomic mass is 16.4. The van der Waals surface area contributed by atoms with Gasteiger partial charge in [-0.2, -0.15) is 0 Å². The van der Waals surface area contributed by atoms with Crippen molar-refractivity contribution in [3.63, 3.8) is 0 Å². The molecule has 3 rings (SSSR count). The number of fused-ring (bicyclic) bond motifs is 1. The lowest BCUT2D eigenvalue weighted by Gasteiger charge is -2.39. The van der Waals surface area contributed by atoms with E-state index in [2.05, 4.69) is 35.0 Å². The minimum absolute atomic E-state index is 0.184. The first-order valence-electron chi connectivity index (χ1n) is 9.03. The summed E-state index contributed by atoms with van der Waals surface area (Å²) in [5.74, 6) is -0.679. The number of likely N-dealkylation sites (tertiary alicyclic amines) is 1. The van der Waals surface area contributed by atoms with E-state index in [9.17, 15) is 9.90 Å². The van der Waals surface area contributed by atoms with Crippen molar-refractivity contribution < 1.29 is 9.90 Å². The highest BCUT2D eigenvalue weighted by molar-refractivity contribution is 5.82. The lowest BCUT2D eigenvalue weighted by atomic mass is 9.92. The maximum Gasteiger partial charge on any atom is 0.320 e. The molecule has 1 saturated heterocycles. The number of carboxylic acid groups (broad SMARTS) is 1. The molecule has 0 radical (unpaired) electrons. The topological polar surface area (TPSA) is 53.4 Å². The Bertz CT molecular complexity index is 701. The Morgan fingerprint density at radius 2 is 2.21 bits per heavy atom. The summed E-state index contributed by atoms with van der Waals surface area (Å²) in [6.07, 6.45) is 9.80. The third-order valence-corrected chi connectivity index (χ3v) is 5.11. The number of hydrogen-bond donors (Lipinski definition) is 1. The van der Waals surface area contributed by atoms with Gasteiger partial charge in [0.2, 0.25) is 0 Å². The number of benzene rings is 1. The SMILES string of the molecule is CCCCC(c1ccc2cnccc2c1)N1CCCCC1C(=O)O. The number of unbranched alkanes of at least 4 members (excludes halogenated alkanes) is 1. The van der Waals surface area contributed by atoms with E-state index < -0.39 is 5.97 Å². The van der Waals surface area contributed by atoms with Crippen molar-refractivity contribution >= 4 is 16.7 Å². The number of pyridine rings is 1. The van der Waals surface area contributed by atoms with Crippen LogP contribution >= 0.6 is 0 Å². The molecule has 2 heterocycles. The van der Waals surface area contributed by atoms with Crippen molar-refractivity contribution in [2.75, 3.05) is 6.54 Å². The third kappa shape index (κ3) is 3.59. The van der Waals surface area contributed by atoms with Crippen LogP contribution in [-0.4, -0.2) is 33.5 Å². The summed E-state index contributed by atoms with van der Waals surface area (Å²) in [6, 6.07) is 8.33. The van der Waals surface area contributed by atoms with Crippen LogP contribution in [-0.2, 0) is 4.79 Å². The van der Waals surface area contributed by atoms with E-state index in [1.807, 2.05) is 18.5 Å². The van der Waals surface area contributed by atoms with Crippen LogP contribution in [0.5, 0.6) is 0 Å². The first kappa shape index (κ1) is 16.9. The molecule has 1 aliphatic heterocycles.